The zero-order valence-corrected chi connectivity index (χ0v) is 10.1. The lowest BCUT2D eigenvalue weighted by Gasteiger charge is -2.34. The van der Waals surface area contributed by atoms with Crippen LogP contribution in [0.3, 0.4) is 0 Å². The van der Waals surface area contributed by atoms with E-state index in [0.29, 0.717) is 18.7 Å². The maximum atomic E-state index is 11.1. The van der Waals surface area contributed by atoms with E-state index in [0.717, 1.165) is 26.3 Å². The number of carbonyl (C=O) groups excluding carboxylic acids is 1. The van der Waals surface area contributed by atoms with Gasteiger partial charge in [0.2, 0.25) is 0 Å². The molecule has 0 atom stereocenters. The van der Waals surface area contributed by atoms with Gasteiger partial charge in [-0.05, 0) is 6.92 Å². The van der Waals surface area contributed by atoms with Crippen LogP contribution in [0.25, 0.3) is 0 Å². The predicted octanol–water partition coefficient (Wildman–Crippen LogP) is 0.285. The summed E-state index contributed by atoms with van der Waals surface area (Å²) >= 11 is 0. The van der Waals surface area contributed by atoms with Crippen LogP contribution in [0.5, 0.6) is 0 Å². The van der Waals surface area contributed by atoms with Crippen LogP contribution in [-0.4, -0.2) is 62.5 Å². The van der Waals surface area contributed by atoms with Crippen molar-refractivity contribution in [2.24, 2.45) is 0 Å². The summed E-state index contributed by atoms with van der Waals surface area (Å²) in [5.74, 6) is -0.324. The number of carbonyl (C=O) groups is 1. The lowest BCUT2D eigenvalue weighted by molar-refractivity contribution is -0.141. The molecule has 0 aromatic heterocycles. The third-order valence-corrected chi connectivity index (χ3v) is 2.47. The van der Waals surface area contributed by atoms with Crippen molar-refractivity contribution < 1.29 is 14.3 Å². The highest BCUT2D eigenvalue weighted by atomic mass is 16.5. The van der Waals surface area contributed by atoms with Gasteiger partial charge in [-0.25, -0.2) is 14.8 Å². The molecule has 0 aromatic rings. The number of morpholine rings is 1. The molecule has 1 aliphatic rings. The van der Waals surface area contributed by atoms with Gasteiger partial charge in [-0.2, -0.15) is 0 Å². The van der Waals surface area contributed by atoms with E-state index in [1.54, 1.807) is 6.92 Å². The zero-order valence-electron chi connectivity index (χ0n) is 10.1. The molecule has 5 nitrogen and oxygen atoms in total. The topological polar surface area (TPSA) is 42.0 Å². The van der Waals surface area contributed by atoms with Crippen molar-refractivity contribution in [2.75, 3.05) is 46.5 Å². The SMILES string of the molecule is C=C(C)C(=O)OCCN(C)N1CCOCC1. The van der Waals surface area contributed by atoms with Crippen LogP contribution in [-0.2, 0) is 14.3 Å². The van der Waals surface area contributed by atoms with Gasteiger partial charge in [-0.1, -0.05) is 6.58 Å². The number of nitrogens with zero attached hydrogens (tertiary/aromatic N) is 2. The number of hydrogen-bond acceptors (Lipinski definition) is 5. The van der Waals surface area contributed by atoms with E-state index in [-0.39, 0.29) is 5.97 Å². The first kappa shape index (κ1) is 13.2. The Kier molecular flexibility index (Phi) is 5.45. The summed E-state index contributed by atoms with van der Waals surface area (Å²) in [6.45, 7) is 9.56. The molecule has 0 amide bonds. The minimum atomic E-state index is -0.324. The Morgan fingerprint density at radius 2 is 2.12 bits per heavy atom. The lowest BCUT2D eigenvalue weighted by Crippen LogP contribution is -2.47. The van der Waals surface area contributed by atoms with Gasteiger partial charge in [-0.3, -0.25) is 0 Å². The Bertz CT molecular complexity index is 250. The highest BCUT2D eigenvalue weighted by Gasteiger charge is 2.15. The summed E-state index contributed by atoms with van der Waals surface area (Å²) in [5, 5.41) is 4.26. The second-order valence-corrected chi connectivity index (χ2v) is 3.86. The maximum Gasteiger partial charge on any atom is 0.333 e. The molecule has 0 aliphatic carbocycles. The second kappa shape index (κ2) is 6.62. The Labute approximate surface area is 96.6 Å². The Balaban J connectivity index is 2.16. The van der Waals surface area contributed by atoms with Gasteiger partial charge in [0.15, 0.2) is 0 Å². The molecular formula is C11H20N2O3. The van der Waals surface area contributed by atoms with Gasteiger partial charge in [-0.15, -0.1) is 0 Å². The van der Waals surface area contributed by atoms with E-state index >= 15 is 0 Å². The molecule has 1 fully saturated rings. The number of esters is 1. The van der Waals surface area contributed by atoms with Crippen molar-refractivity contribution in [1.82, 2.24) is 10.0 Å². The molecule has 16 heavy (non-hydrogen) atoms. The van der Waals surface area contributed by atoms with Crippen LogP contribution < -0.4 is 0 Å². The molecule has 5 heteroatoms. The number of hydrazine groups is 1. The van der Waals surface area contributed by atoms with Gasteiger partial charge in [0.05, 0.1) is 13.2 Å². The van der Waals surface area contributed by atoms with Crippen LogP contribution in [0.1, 0.15) is 6.92 Å². The van der Waals surface area contributed by atoms with Crippen molar-refractivity contribution >= 4 is 5.97 Å². The molecule has 0 N–H and O–H groups in total. The molecule has 1 rings (SSSR count). The van der Waals surface area contributed by atoms with Crippen molar-refractivity contribution in [1.29, 1.82) is 0 Å². The van der Waals surface area contributed by atoms with Crippen LogP contribution in [0.4, 0.5) is 0 Å². The smallest absolute Gasteiger partial charge is 0.333 e. The summed E-state index contributed by atoms with van der Waals surface area (Å²) < 4.78 is 10.3. The van der Waals surface area contributed by atoms with Gasteiger partial charge in [0.25, 0.3) is 0 Å². The average Bonchev–Trinajstić information content (AvgIpc) is 2.29. The summed E-state index contributed by atoms with van der Waals surface area (Å²) in [5.41, 5.74) is 0.439. The van der Waals surface area contributed by atoms with Gasteiger partial charge in [0.1, 0.15) is 6.61 Å². The molecule has 1 aliphatic heterocycles. The molecule has 92 valence electrons. The normalized spacial score (nSPS) is 17.4. The summed E-state index contributed by atoms with van der Waals surface area (Å²) in [7, 11) is 1.99. The first-order valence-corrected chi connectivity index (χ1v) is 5.47. The van der Waals surface area contributed by atoms with Crippen molar-refractivity contribution in [3.63, 3.8) is 0 Å². The lowest BCUT2D eigenvalue weighted by atomic mass is 10.4. The van der Waals surface area contributed by atoms with Gasteiger partial charge >= 0.3 is 5.97 Å². The van der Waals surface area contributed by atoms with Crippen LogP contribution in [0, 0.1) is 0 Å². The standard InChI is InChI=1S/C11H20N2O3/c1-10(2)11(14)16-9-4-12(3)13-5-7-15-8-6-13/h1,4-9H2,2-3H3. The Morgan fingerprint density at radius 3 is 2.69 bits per heavy atom. The van der Waals surface area contributed by atoms with Crippen molar-refractivity contribution in [3.8, 4) is 0 Å². The fraction of sp³-hybridized carbons (Fsp3) is 0.727. The van der Waals surface area contributed by atoms with Gasteiger partial charge < -0.3 is 9.47 Å². The minimum absolute atomic E-state index is 0.324. The van der Waals surface area contributed by atoms with Crippen LogP contribution >= 0.6 is 0 Å². The first-order valence-electron chi connectivity index (χ1n) is 5.47. The largest absolute Gasteiger partial charge is 0.461 e. The quantitative estimate of drug-likeness (QED) is 0.499. The Hall–Kier alpha value is -0.910. The number of likely N-dealkylation sites (N-methyl/N-ethyl adjacent to an activating group) is 1. The highest BCUT2D eigenvalue weighted by Crippen LogP contribution is 2.00. The molecule has 0 bridgehead atoms. The second-order valence-electron chi connectivity index (χ2n) is 3.86. The third-order valence-electron chi connectivity index (χ3n) is 2.47. The fourth-order valence-corrected chi connectivity index (χ4v) is 1.43. The van der Waals surface area contributed by atoms with E-state index in [1.807, 2.05) is 7.05 Å². The molecule has 0 aromatic carbocycles. The molecule has 1 heterocycles. The van der Waals surface area contributed by atoms with E-state index in [9.17, 15) is 4.79 Å². The zero-order chi connectivity index (χ0) is 12.0. The molecular weight excluding hydrogens is 208 g/mol. The monoisotopic (exact) mass is 228 g/mol. The number of ether oxygens (including phenoxy) is 2. The van der Waals surface area contributed by atoms with E-state index in [2.05, 4.69) is 16.6 Å². The summed E-state index contributed by atoms with van der Waals surface area (Å²) in [6.07, 6.45) is 0. The van der Waals surface area contributed by atoms with Crippen LogP contribution in [0.15, 0.2) is 12.2 Å². The minimum Gasteiger partial charge on any atom is -0.461 e. The van der Waals surface area contributed by atoms with Gasteiger partial charge in [0, 0.05) is 32.3 Å². The third kappa shape index (κ3) is 4.30. The van der Waals surface area contributed by atoms with E-state index in [1.165, 1.54) is 0 Å². The number of hydrogen-bond donors (Lipinski definition) is 0. The van der Waals surface area contributed by atoms with Crippen LogP contribution in [0.2, 0.25) is 0 Å². The first-order chi connectivity index (χ1) is 7.61. The summed E-state index contributed by atoms with van der Waals surface area (Å²) in [6, 6.07) is 0. The summed E-state index contributed by atoms with van der Waals surface area (Å²) in [4.78, 5) is 11.1. The Morgan fingerprint density at radius 1 is 1.50 bits per heavy atom. The average molecular weight is 228 g/mol. The predicted molar refractivity (Wildman–Crippen MR) is 60.8 cm³/mol. The van der Waals surface area contributed by atoms with Crippen molar-refractivity contribution in [3.05, 3.63) is 12.2 Å². The maximum absolute atomic E-state index is 11.1. The van der Waals surface area contributed by atoms with E-state index < -0.39 is 0 Å². The number of rotatable bonds is 5. The van der Waals surface area contributed by atoms with E-state index in [4.69, 9.17) is 9.47 Å². The molecule has 0 unspecified atom stereocenters. The molecule has 1 saturated heterocycles. The highest BCUT2D eigenvalue weighted by molar-refractivity contribution is 5.86. The van der Waals surface area contributed by atoms with Crippen molar-refractivity contribution in [2.45, 2.75) is 6.92 Å². The molecule has 0 radical (unpaired) electrons. The fourth-order valence-electron chi connectivity index (χ4n) is 1.43. The molecule has 0 saturated carbocycles. The molecule has 0 spiro atoms.